The highest BCUT2D eigenvalue weighted by atomic mass is 16.5. The topological polar surface area (TPSA) is 45.7 Å². The van der Waals surface area contributed by atoms with E-state index in [2.05, 4.69) is 15.6 Å². The van der Waals surface area contributed by atoms with E-state index in [1.165, 1.54) is 44.9 Å². The number of ether oxygens (including phenoxy) is 1. The molecule has 4 heteroatoms. The van der Waals surface area contributed by atoms with E-state index in [1.54, 1.807) is 0 Å². The Balaban J connectivity index is 1.41. The third-order valence-corrected chi connectivity index (χ3v) is 5.15. The molecular formula is C15H27N3O. The number of nitrogens with zero attached hydrogens (tertiary/aromatic N) is 1. The van der Waals surface area contributed by atoms with Crippen LogP contribution in [0.25, 0.3) is 0 Å². The van der Waals surface area contributed by atoms with Gasteiger partial charge in [0.1, 0.15) is 0 Å². The van der Waals surface area contributed by atoms with Crippen molar-refractivity contribution in [2.24, 2.45) is 16.3 Å². The van der Waals surface area contributed by atoms with E-state index < -0.39 is 0 Å². The monoisotopic (exact) mass is 265 g/mol. The molecule has 1 heterocycles. The highest BCUT2D eigenvalue weighted by Crippen LogP contribution is 2.56. The zero-order valence-electron chi connectivity index (χ0n) is 12.1. The van der Waals surface area contributed by atoms with Gasteiger partial charge in [-0.2, -0.15) is 0 Å². The molecule has 0 aromatic rings. The summed E-state index contributed by atoms with van der Waals surface area (Å²) < 4.78 is 5.63. The zero-order valence-corrected chi connectivity index (χ0v) is 12.1. The molecule has 2 aliphatic carbocycles. The molecule has 1 unspecified atom stereocenters. The van der Waals surface area contributed by atoms with E-state index in [-0.39, 0.29) is 0 Å². The Bertz CT molecular complexity index is 328. The summed E-state index contributed by atoms with van der Waals surface area (Å²) in [7, 11) is 1.86. The van der Waals surface area contributed by atoms with Crippen LogP contribution in [0.4, 0.5) is 0 Å². The van der Waals surface area contributed by atoms with Crippen LogP contribution in [-0.2, 0) is 4.74 Å². The SMILES string of the molecule is CN=C(NCC1CCCO1)NCC1(C2CC2)CCC1. The van der Waals surface area contributed by atoms with E-state index >= 15 is 0 Å². The molecule has 0 aromatic heterocycles. The summed E-state index contributed by atoms with van der Waals surface area (Å²) in [5, 5.41) is 6.95. The predicted molar refractivity (Wildman–Crippen MR) is 77.3 cm³/mol. The Morgan fingerprint density at radius 3 is 2.58 bits per heavy atom. The van der Waals surface area contributed by atoms with Gasteiger partial charge in [0.05, 0.1) is 6.10 Å². The van der Waals surface area contributed by atoms with Crippen LogP contribution in [0.2, 0.25) is 0 Å². The van der Waals surface area contributed by atoms with E-state index in [0.29, 0.717) is 11.5 Å². The Labute approximate surface area is 116 Å². The molecule has 4 nitrogen and oxygen atoms in total. The first-order valence-corrected chi connectivity index (χ1v) is 7.88. The van der Waals surface area contributed by atoms with Gasteiger partial charge < -0.3 is 15.4 Å². The van der Waals surface area contributed by atoms with Gasteiger partial charge in [-0.25, -0.2) is 0 Å². The van der Waals surface area contributed by atoms with Crippen LogP contribution in [0, 0.1) is 11.3 Å². The van der Waals surface area contributed by atoms with Crippen molar-refractivity contribution in [2.75, 3.05) is 26.7 Å². The molecule has 19 heavy (non-hydrogen) atoms. The first kappa shape index (κ1) is 13.2. The van der Waals surface area contributed by atoms with Crippen LogP contribution in [0.3, 0.4) is 0 Å². The van der Waals surface area contributed by atoms with Crippen molar-refractivity contribution in [2.45, 2.75) is 51.0 Å². The highest BCUT2D eigenvalue weighted by Gasteiger charge is 2.48. The summed E-state index contributed by atoms with van der Waals surface area (Å²) in [4.78, 5) is 4.33. The number of hydrogen-bond donors (Lipinski definition) is 2. The van der Waals surface area contributed by atoms with Gasteiger partial charge in [-0.1, -0.05) is 6.42 Å². The molecule has 3 rings (SSSR count). The number of aliphatic imine (C=N–C) groups is 1. The molecule has 1 saturated heterocycles. The normalized spacial score (nSPS) is 29.9. The molecule has 1 aliphatic heterocycles. The van der Waals surface area contributed by atoms with Crippen LogP contribution in [0.5, 0.6) is 0 Å². The molecule has 1 atom stereocenters. The summed E-state index contributed by atoms with van der Waals surface area (Å²) in [6, 6.07) is 0. The fraction of sp³-hybridized carbons (Fsp3) is 0.933. The summed E-state index contributed by atoms with van der Waals surface area (Å²) >= 11 is 0. The molecule has 2 N–H and O–H groups in total. The summed E-state index contributed by atoms with van der Waals surface area (Å²) in [5.74, 6) is 1.94. The maximum absolute atomic E-state index is 5.63. The second-order valence-corrected chi connectivity index (χ2v) is 6.43. The Hall–Kier alpha value is -0.770. The average molecular weight is 265 g/mol. The Morgan fingerprint density at radius 1 is 1.21 bits per heavy atom. The first-order chi connectivity index (χ1) is 9.32. The molecule has 0 radical (unpaired) electrons. The molecule has 3 fully saturated rings. The van der Waals surface area contributed by atoms with Gasteiger partial charge in [0.25, 0.3) is 0 Å². The second-order valence-electron chi connectivity index (χ2n) is 6.43. The maximum atomic E-state index is 5.63. The van der Waals surface area contributed by atoms with Gasteiger partial charge in [0.2, 0.25) is 0 Å². The standard InChI is InChI=1S/C15H27N3O/c1-16-14(17-10-13-4-2-9-19-13)18-11-15(7-3-8-15)12-5-6-12/h12-13H,2-11H2,1H3,(H2,16,17,18). The van der Waals surface area contributed by atoms with E-state index in [4.69, 9.17) is 4.74 Å². The molecular weight excluding hydrogens is 238 g/mol. The van der Waals surface area contributed by atoms with E-state index in [9.17, 15) is 0 Å². The molecule has 3 aliphatic rings. The lowest BCUT2D eigenvalue weighted by atomic mass is 9.65. The average Bonchev–Trinajstić information content (AvgIpc) is 3.08. The Kier molecular flexibility index (Phi) is 3.96. The lowest BCUT2D eigenvalue weighted by Gasteiger charge is -2.43. The molecule has 0 amide bonds. The van der Waals surface area contributed by atoms with Crippen molar-refractivity contribution >= 4 is 5.96 Å². The maximum Gasteiger partial charge on any atom is 0.191 e. The second kappa shape index (κ2) is 5.70. The highest BCUT2D eigenvalue weighted by molar-refractivity contribution is 5.79. The third-order valence-electron chi connectivity index (χ3n) is 5.15. The summed E-state index contributed by atoms with van der Waals surface area (Å²) in [6.45, 7) is 2.90. The van der Waals surface area contributed by atoms with Crippen LogP contribution in [0.1, 0.15) is 44.9 Å². The van der Waals surface area contributed by atoms with Crippen molar-refractivity contribution < 1.29 is 4.74 Å². The van der Waals surface area contributed by atoms with Crippen LogP contribution < -0.4 is 10.6 Å². The smallest absolute Gasteiger partial charge is 0.191 e. The fourth-order valence-corrected chi connectivity index (χ4v) is 3.55. The Morgan fingerprint density at radius 2 is 2.05 bits per heavy atom. The van der Waals surface area contributed by atoms with Crippen molar-refractivity contribution in [3.63, 3.8) is 0 Å². The van der Waals surface area contributed by atoms with Gasteiger partial charge in [0, 0.05) is 26.7 Å². The molecule has 2 saturated carbocycles. The van der Waals surface area contributed by atoms with Crippen LogP contribution in [-0.4, -0.2) is 38.8 Å². The number of nitrogens with one attached hydrogen (secondary N) is 2. The van der Waals surface area contributed by atoms with Gasteiger partial charge in [-0.15, -0.1) is 0 Å². The lowest BCUT2D eigenvalue weighted by molar-refractivity contribution is 0.104. The minimum atomic E-state index is 0.375. The van der Waals surface area contributed by atoms with E-state index in [0.717, 1.165) is 31.6 Å². The fourth-order valence-electron chi connectivity index (χ4n) is 3.55. The van der Waals surface area contributed by atoms with Crippen molar-refractivity contribution in [3.8, 4) is 0 Å². The summed E-state index contributed by atoms with van der Waals surface area (Å²) in [5.41, 5.74) is 0.599. The minimum Gasteiger partial charge on any atom is -0.376 e. The number of hydrogen-bond acceptors (Lipinski definition) is 2. The predicted octanol–water partition coefficient (Wildman–Crippen LogP) is 1.91. The minimum absolute atomic E-state index is 0.375. The first-order valence-electron chi connectivity index (χ1n) is 7.88. The largest absolute Gasteiger partial charge is 0.376 e. The van der Waals surface area contributed by atoms with Gasteiger partial charge in [0.15, 0.2) is 5.96 Å². The van der Waals surface area contributed by atoms with Crippen LogP contribution in [0.15, 0.2) is 4.99 Å². The van der Waals surface area contributed by atoms with Gasteiger partial charge in [-0.3, -0.25) is 4.99 Å². The van der Waals surface area contributed by atoms with Crippen molar-refractivity contribution in [1.82, 2.24) is 10.6 Å². The van der Waals surface area contributed by atoms with Crippen molar-refractivity contribution in [1.29, 1.82) is 0 Å². The van der Waals surface area contributed by atoms with Crippen LogP contribution >= 0.6 is 0 Å². The summed E-state index contributed by atoms with van der Waals surface area (Å²) in [6.07, 6.45) is 9.88. The van der Waals surface area contributed by atoms with Crippen molar-refractivity contribution in [3.05, 3.63) is 0 Å². The molecule has 0 spiro atoms. The van der Waals surface area contributed by atoms with Gasteiger partial charge in [-0.05, 0) is 49.9 Å². The number of guanidine groups is 1. The van der Waals surface area contributed by atoms with Gasteiger partial charge >= 0.3 is 0 Å². The quantitative estimate of drug-likeness (QED) is 0.589. The molecule has 108 valence electrons. The molecule has 0 bridgehead atoms. The van der Waals surface area contributed by atoms with E-state index in [1.807, 2.05) is 7.05 Å². The third kappa shape index (κ3) is 3.04. The number of rotatable bonds is 5. The lowest BCUT2D eigenvalue weighted by Crippen LogP contribution is -2.48. The molecule has 0 aromatic carbocycles. The zero-order chi connectivity index (χ0) is 13.1.